The van der Waals surface area contributed by atoms with Crippen molar-refractivity contribution in [2.45, 2.75) is 18.2 Å². The van der Waals surface area contributed by atoms with Crippen LogP contribution in [0.1, 0.15) is 23.9 Å². The summed E-state index contributed by atoms with van der Waals surface area (Å²) in [7, 11) is -3.70. The van der Waals surface area contributed by atoms with Crippen molar-refractivity contribution in [2.24, 2.45) is 11.8 Å². The lowest BCUT2D eigenvalue weighted by Gasteiger charge is -2.25. The van der Waals surface area contributed by atoms with E-state index in [-0.39, 0.29) is 10.7 Å². The summed E-state index contributed by atoms with van der Waals surface area (Å²) in [5.41, 5.74) is 0. The SMILES string of the molecule is CC1CC1COC(=O)c1occc1S(=O)(=O)N1CCSCC1. The summed E-state index contributed by atoms with van der Waals surface area (Å²) < 4.78 is 36.9. The molecule has 2 aliphatic rings. The number of rotatable bonds is 5. The van der Waals surface area contributed by atoms with E-state index in [0.29, 0.717) is 31.5 Å². The molecule has 1 aromatic heterocycles. The van der Waals surface area contributed by atoms with Crippen LogP contribution >= 0.6 is 11.8 Å². The fraction of sp³-hybridized carbons (Fsp3) is 0.643. The average molecular weight is 345 g/mol. The number of ether oxygens (including phenoxy) is 1. The van der Waals surface area contributed by atoms with Crippen molar-refractivity contribution in [3.8, 4) is 0 Å². The Kier molecular flexibility index (Phi) is 4.52. The van der Waals surface area contributed by atoms with Gasteiger partial charge in [-0.3, -0.25) is 0 Å². The molecule has 8 heteroatoms. The second-order valence-electron chi connectivity index (χ2n) is 5.70. The average Bonchev–Trinajstić information content (AvgIpc) is 3.02. The second kappa shape index (κ2) is 6.25. The van der Waals surface area contributed by atoms with Gasteiger partial charge in [0.1, 0.15) is 4.90 Å². The monoisotopic (exact) mass is 345 g/mol. The zero-order valence-electron chi connectivity index (χ0n) is 12.4. The topological polar surface area (TPSA) is 76.8 Å². The van der Waals surface area contributed by atoms with Crippen LogP contribution in [0.25, 0.3) is 0 Å². The fourth-order valence-corrected chi connectivity index (χ4v) is 5.12. The molecule has 1 aromatic rings. The highest BCUT2D eigenvalue weighted by atomic mass is 32.2. The Morgan fingerprint density at radius 2 is 2.14 bits per heavy atom. The van der Waals surface area contributed by atoms with Crippen LogP contribution in [0.2, 0.25) is 0 Å². The summed E-state index contributed by atoms with van der Waals surface area (Å²) in [5, 5.41) is 0. The van der Waals surface area contributed by atoms with Crippen LogP contribution in [0.15, 0.2) is 21.6 Å². The van der Waals surface area contributed by atoms with E-state index in [9.17, 15) is 13.2 Å². The molecule has 2 heterocycles. The van der Waals surface area contributed by atoms with Crippen LogP contribution in [-0.4, -0.2) is 49.9 Å². The number of hydrogen-bond acceptors (Lipinski definition) is 6. The molecule has 2 unspecified atom stereocenters. The standard InChI is InChI=1S/C14H19NO5S2/c1-10-8-11(10)9-20-14(16)13-12(2-5-19-13)22(17,18)15-3-6-21-7-4-15/h2,5,10-11H,3-4,6-9H2,1H3. The predicted molar refractivity (Wildman–Crippen MR) is 82.3 cm³/mol. The third kappa shape index (κ3) is 3.18. The highest BCUT2D eigenvalue weighted by Gasteiger charge is 2.36. The molecule has 0 N–H and O–H groups in total. The quantitative estimate of drug-likeness (QED) is 0.758. The first-order valence-corrected chi connectivity index (χ1v) is 9.92. The van der Waals surface area contributed by atoms with Gasteiger partial charge < -0.3 is 9.15 Å². The Labute approximate surface area is 134 Å². The number of thioether (sulfide) groups is 1. The predicted octanol–water partition coefficient (Wildman–Crippen LogP) is 1.83. The Bertz CT molecular complexity index is 648. The lowest BCUT2D eigenvalue weighted by molar-refractivity contribution is 0.0438. The largest absolute Gasteiger partial charge is 0.459 e. The van der Waals surface area contributed by atoms with Crippen molar-refractivity contribution in [1.82, 2.24) is 4.31 Å². The molecule has 1 saturated carbocycles. The molecule has 0 bridgehead atoms. The van der Waals surface area contributed by atoms with Gasteiger partial charge in [-0.05, 0) is 24.3 Å². The molecule has 1 aliphatic heterocycles. The maximum absolute atomic E-state index is 12.6. The van der Waals surface area contributed by atoms with Gasteiger partial charge in [-0.25, -0.2) is 13.2 Å². The van der Waals surface area contributed by atoms with Crippen molar-refractivity contribution in [3.05, 3.63) is 18.1 Å². The third-order valence-corrected chi connectivity index (χ3v) is 6.97. The first-order chi connectivity index (χ1) is 10.5. The first-order valence-electron chi connectivity index (χ1n) is 7.32. The van der Waals surface area contributed by atoms with Gasteiger partial charge in [-0.15, -0.1) is 0 Å². The molecule has 0 aromatic carbocycles. The van der Waals surface area contributed by atoms with Gasteiger partial charge in [-0.2, -0.15) is 16.1 Å². The minimum atomic E-state index is -3.70. The van der Waals surface area contributed by atoms with Crippen LogP contribution in [0, 0.1) is 11.8 Å². The van der Waals surface area contributed by atoms with Crippen LogP contribution < -0.4 is 0 Å². The summed E-state index contributed by atoms with van der Waals surface area (Å²) in [4.78, 5) is 12.0. The van der Waals surface area contributed by atoms with Crippen LogP contribution in [0.4, 0.5) is 0 Å². The molecule has 0 radical (unpaired) electrons. The minimum absolute atomic E-state index is 0.0896. The molecule has 0 amide bonds. The molecule has 3 rings (SSSR count). The molecular formula is C14H19NO5S2. The Morgan fingerprint density at radius 1 is 1.45 bits per heavy atom. The molecule has 122 valence electrons. The molecule has 1 saturated heterocycles. The van der Waals surface area contributed by atoms with Gasteiger partial charge in [0.05, 0.1) is 12.9 Å². The van der Waals surface area contributed by atoms with E-state index >= 15 is 0 Å². The van der Waals surface area contributed by atoms with E-state index in [0.717, 1.165) is 17.9 Å². The highest BCUT2D eigenvalue weighted by Crippen LogP contribution is 2.38. The molecule has 2 fully saturated rings. The zero-order chi connectivity index (χ0) is 15.7. The van der Waals surface area contributed by atoms with Crippen molar-refractivity contribution >= 4 is 27.8 Å². The summed E-state index contributed by atoms with van der Waals surface area (Å²) in [6, 6.07) is 1.33. The summed E-state index contributed by atoms with van der Waals surface area (Å²) in [5.74, 6) is 1.56. The lowest BCUT2D eigenvalue weighted by atomic mass is 10.3. The number of esters is 1. The van der Waals surface area contributed by atoms with E-state index < -0.39 is 16.0 Å². The highest BCUT2D eigenvalue weighted by molar-refractivity contribution is 7.99. The molecule has 0 spiro atoms. The Hall–Kier alpha value is -0.990. The molecule has 22 heavy (non-hydrogen) atoms. The van der Waals surface area contributed by atoms with Gasteiger partial charge in [0, 0.05) is 24.6 Å². The van der Waals surface area contributed by atoms with Crippen LogP contribution in [-0.2, 0) is 14.8 Å². The number of carbonyl (C=O) groups is 1. The minimum Gasteiger partial charge on any atom is -0.459 e. The Morgan fingerprint density at radius 3 is 2.77 bits per heavy atom. The molecule has 1 aliphatic carbocycles. The maximum atomic E-state index is 12.6. The van der Waals surface area contributed by atoms with Gasteiger partial charge in [0.15, 0.2) is 0 Å². The van der Waals surface area contributed by atoms with Gasteiger partial charge >= 0.3 is 5.97 Å². The van der Waals surface area contributed by atoms with Crippen molar-refractivity contribution in [1.29, 1.82) is 0 Å². The van der Waals surface area contributed by atoms with Gasteiger partial charge in [-0.1, -0.05) is 6.92 Å². The first kappa shape index (κ1) is 15.9. The number of carbonyl (C=O) groups excluding carboxylic acids is 1. The zero-order valence-corrected chi connectivity index (χ0v) is 14.0. The van der Waals surface area contributed by atoms with E-state index in [1.54, 1.807) is 11.8 Å². The van der Waals surface area contributed by atoms with Crippen molar-refractivity contribution in [2.75, 3.05) is 31.2 Å². The second-order valence-corrected chi connectivity index (χ2v) is 8.83. The third-order valence-electron chi connectivity index (χ3n) is 4.11. The van der Waals surface area contributed by atoms with Crippen molar-refractivity contribution in [3.63, 3.8) is 0 Å². The van der Waals surface area contributed by atoms with E-state index in [4.69, 9.17) is 9.15 Å². The van der Waals surface area contributed by atoms with Crippen LogP contribution in [0.5, 0.6) is 0 Å². The lowest BCUT2D eigenvalue weighted by Crippen LogP contribution is -2.38. The number of sulfonamides is 1. The molecular weight excluding hydrogens is 326 g/mol. The van der Waals surface area contributed by atoms with Gasteiger partial charge in [0.25, 0.3) is 0 Å². The number of hydrogen-bond donors (Lipinski definition) is 0. The van der Waals surface area contributed by atoms with E-state index in [1.165, 1.54) is 16.6 Å². The normalized spacial score (nSPS) is 25.9. The summed E-state index contributed by atoms with van der Waals surface area (Å²) in [6.45, 7) is 3.31. The number of nitrogens with zero attached hydrogens (tertiary/aromatic N) is 1. The molecule has 2 atom stereocenters. The smallest absolute Gasteiger partial charge is 0.375 e. The summed E-state index contributed by atoms with van der Waals surface area (Å²) >= 11 is 1.72. The Balaban J connectivity index is 1.74. The summed E-state index contributed by atoms with van der Waals surface area (Å²) in [6.07, 6.45) is 2.27. The number of furan rings is 1. The van der Waals surface area contributed by atoms with E-state index in [1.807, 2.05) is 0 Å². The van der Waals surface area contributed by atoms with Crippen molar-refractivity contribution < 1.29 is 22.4 Å². The van der Waals surface area contributed by atoms with Crippen LogP contribution in [0.3, 0.4) is 0 Å². The fourth-order valence-electron chi connectivity index (χ4n) is 2.46. The molecule has 6 nitrogen and oxygen atoms in total. The van der Waals surface area contributed by atoms with Gasteiger partial charge in [0.2, 0.25) is 15.8 Å². The van der Waals surface area contributed by atoms with E-state index in [2.05, 4.69) is 6.92 Å². The maximum Gasteiger partial charge on any atom is 0.375 e.